The predicted molar refractivity (Wildman–Crippen MR) is 110 cm³/mol. The van der Waals surface area contributed by atoms with Gasteiger partial charge in [0.05, 0.1) is 34.1 Å². The molecule has 0 radical (unpaired) electrons. The molecule has 8 heteroatoms. The SMILES string of the molecule is CC(C)OC(=O)c1ccccc1NC(=O)CSc1nc2ccc(Br)cc2[nH]1. The number of rotatable bonds is 6. The van der Waals surface area contributed by atoms with Crippen molar-refractivity contribution in [2.45, 2.75) is 25.1 Å². The molecule has 0 saturated carbocycles. The maximum absolute atomic E-state index is 12.3. The number of H-pyrrole nitrogens is 1. The second kappa shape index (κ2) is 8.58. The number of anilines is 1. The van der Waals surface area contributed by atoms with Crippen molar-refractivity contribution in [1.82, 2.24) is 9.97 Å². The van der Waals surface area contributed by atoms with Gasteiger partial charge in [-0.1, -0.05) is 39.8 Å². The number of hydrogen-bond donors (Lipinski definition) is 2. The van der Waals surface area contributed by atoms with E-state index in [0.717, 1.165) is 15.5 Å². The number of nitrogens with one attached hydrogen (secondary N) is 2. The van der Waals surface area contributed by atoms with Crippen LogP contribution >= 0.6 is 27.7 Å². The van der Waals surface area contributed by atoms with Crippen LogP contribution in [0.5, 0.6) is 0 Å². The van der Waals surface area contributed by atoms with Crippen molar-refractivity contribution in [3.63, 3.8) is 0 Å². The van der Waals surface area contributed by atoms with E-state index in [4.69, 9.17) is 4.74 Å². The lowest BCUT2D eigenvalue weighted by molar-refractivity contribution is -0.113. The average molecular weight is 448 g/mol. The number of carbonyl (C=O) groups excluding carboxylic acids is 2. The van der Waals surface area contributed by atoms with E-state index < -0.39 is 5.97 Å². The van der Waals surface area contributed by atoms with Crippen molar-refractivity contribution in [2.75, 3.05) is 11.1 Å². The van der Waals surface area contributed by atoms with Gasteiger partial charge in [-0.25, -0.2) is 9.78 Å². The number of amides is 1. The summed E-state index contributed by atoms with van der Waals surface area (Å²) < 4.78 is 6.17. The first kappa shape index (κ1) is 19.4. The topological polar surface area (TPSA) is 84.1 Å². The Kier molecular flexibility index (Phi) is 6.18. The molecule has 0 aliphatic rings. The number of hydrogen-bond acceptors (Lipinski definition) is 5. The molecule has 0 atom stereocenters. The monoisotopic (exact) mass is 447 g/mol. The molecular formula is C19H18BrN3O3S. The maximum Gasteiger partial charge on any atom is 0.340 e. The number of aromatic nitrogens is 2. The summed E-state index contributed by atoms with van der Waals surface area (Å²) in [6, 6.07) is 12.5. The van der Waals surface area contributed by atoms with Crippen LogP contribution in [0.1, 0.15) is 24.2 Å². The van der Waals surface area contributed by atoms with Gasteiger partial charge < -0.3 is 15.0 Å². The second-order valence-corrected chi connectivity index (χ2v) is 7.92. The van der Waals surface area contributed by atoms with Crippen LogP contribution in [0.2, 0.25) is 0 Å². The average Bonchev–Trinajstić information content (AvgIpc) is 3.02. The van der Waals surface area contributed by atoms with Gasteiger partial charge in [0.25, 0.3) is 0 Å². The number of para-hydroxylation sites is 1. The van der Waals surface area contributed by atoms with Crippen LogP contribution in [0, 0.1) is 0 Å². The molecule has 3 aromatic rings. The van der Waals surface area contributed by atoms with Gasteiger partial charge in [0, 0.05) is 4.47 Å². The molecule has 0 unspecified atom stereocenters. The number of benzene rings is 2. The smallest absolute Gasteiger partial charge is 0.340 e. The van der Waals surface area contributed by atoms with Crippen LogP contribution in [0.3, 0.4) is 0 Å². The minimum Gasteiger partial charge on any atom is -0.459 e. The van der Waals surface area contributed by atoms with Crippen molar-refractivity contribution in [2.24, 2.45) is 0 Å². The van der Waals surface area contributed by atoms with Gasteiger partial charge in [-0.15, -0.1) is 0 Å². The van der Waals surface area contributed by atoms with Crippen LogP contribution in [-0.4, -0.2) is 33.7 Å². The van der Waals surface area contributed by atoms with Crippen LogP contribution in [0.25, 0.3) is 11.0 Å². The largest absolute Gasteiger partial charge is 0.459 e. The molecule has 6 nitrogen and oxygen atoms in total. The number of thioether (sulfide) groups is 1. The molecule has 0 spiro atoms. The summed E-state index contributed by atoms with van der Waals surface area (Å²) in [7, 11) is 0. The van der Waals surface area contributed by atoms with E-state index in [9.17, 15) is 9.59 Å². The molecule has 0 aliphatic carbocycles. The summed E-state index contributed by atoms with van der Waals surface area (Å²) in [5.41, 5.74) is 2.50. The lowest BCUT2D eigenvalue weighted by Crippen LogP contribution is -2.18. The Balaban J connectivity index is 1.64. The first-order valence-electron chi connectivity index (χ1n) is 8.30. The summed E-state index contributed by atoms with van der Waals surface area (Å²) >= 11 is 4.71. The highest BCUT2D eigenvalue weighted by Gasteiger charge is 2.16. The molecule has 27 heavy (non-hydrogen) atoms. The van der Waals surface area contributed by atoms with Crippen molar-refractivity contribution < 1.29 is 14.3 Å². The Hall–Kier alpha value is -2.32. The minimum atomic E-state index is -0.462. The van der Waals surface area contributed by atoms with E-state index in [-0.39, 0.29) is 17.8 Å². The molecule has 1 heterocycles. The molecule has 2 aromatic carbocycles. The van der Waals surface area contributed by atoms with E-state index in [0.29, 0.717) is 16.4 Å². The predicted octanol–water partition coefficient (Wildman–Crippen LogP) is 4.62. The number of imidazole rings is 1. The number of carbonyl (C=O) groups is 2. The fraction of sp³-hybridized carbons (Fsp3) is 0.211. The lowest BCUT2D eigenvalue weighted by Gasteiger charge is -2.12. The zero-order valence-corrected chi connectivity index (χ0v) is 17.2. The fourth-order valence-electron chi connectivity index (χ4n) is 2.39. The van der Waals surface area contributed by atoms with Gasteiger partial charge in [0.1, 0.15) is 0 Å². The molecule has 0 bridgehead atoms. The molecule has 0 saturated heterocycles. The van der Waals surface area contributed by atoms with Crippen molar-refractivity contribution in [3.8, 4) is 0 Å². The molecule has 2 N–H and O–H groups in total. The van der Waals surface area contributed by atoms with Gasteiger partial charge in [-0.3, -0.25) is 4.79 Å². The molecule has 140 valence electrons. The number of ether oxygens (including phenoxy) is 1. The molecular weight excluding hydrogens is 430 g/mol. The summed E-state index contributed by atoms with van der Waals surface area (Å²) in [5, 5.41) is 3.43. The second-order valence-electron chi connectivity index (χ2n) is 6.04. The van der Waals surface area contributed by atoms with Crippen LogP contribution in [0.15, 0.2) is 52.1 Å². The number of halogens is 1. The van der Waals surface area contributed by atoms with Gasteiger partial charge >= 0.3 is 5.97 Å². The number of nitrogens with zero attached hydrogens (tertiary/aromatic N) is 1. The van der Waals surface area contributed by atoms with E-state index in [1.165, 1.54) is 11.8 Å². The molecule has 0 aliphatic heterocycles. The van der Waals surface area contributed by atoms with E-state index >= 15 is 0 Å². The third-order valence-corrected chi connectivity index (χ3v) is 4.89. The summed E-state index contributed by atoms with van der Waals surface area (Å²) in [6.45, 7) is 3.56. The molecule has 3 rings (SSSR count). The normalized spacial score (nSPS) is 11.0. The van der Waals surface area contributed by atoms with Gasteiger partial charge in [0.2, 0.25) is 5.91 Å². The first-order valence-corrected chi connectivity index (χ1v) is 10.1. The zero-order valence-electron chi connectivity index (χ0n) is 14.8. The van der Waals surface area contributed by atoms with Crippen molar-refractivity contribution in [3.05, 3.63) is 52.5 Å². The van der Waals surface area contributed by atoms with E-state index in [1.807, 2.05) is 18.2 Å². The van der Waals surface area contributed by atoms with Crippen molar-refractivity contribution in [1.29, 1.82) is 0 Å². The summed E-state index contributed by atoms with van der Waals surface area (Å²) in [4.78, 5) is 32.1. The highest BCUT2D eigenvalue weighted by Crippen LogP contribution is 2.23. The van der Waals surface area contributed by atoms with Crippen LogP contribution in [-0.2, 0) is 9.53 Å². The molecule has 1 aromatic heterocycles. The Bertz CT molecular complexity index is 987. The van der Waals surface area contributed by atoms with Gasteiger partial charge in [0.15, 0.2) is 5.16 Å². The maximum atomic E-state index is 12.3. The Labute approximate surface area is 169 Å². The number of fused-ring (bicyclic) bond motifs is 1. The fourth-order valence-corrected chi connectivity index (χ4v) is 3.44. The van der Waals surface area contributed by atoms with E-state index in [2.05, 4.69) is 31.2 Å². The Morgan fingerprint density at radius 3 is 2.81 bits per heavy atom. The van der Waals surface area contributed by atoms with E-state index in [1.54, 1.807) is 38.1 Å². The first-order chi connectivity index (χ1) is 12.9. The molecule has 0 fully saturated rings. The zero-order chi connectivity index (χ0) is 19.4. The summed E-state index contributed by atoms with van der Waals surface area (Å²) in [6.07, 6.45) is -0.232. The quantitative estimate of drug-likeness (QED) is 0.425. The lowest BCUT2D eigenvalue weighted by atomic mass is 10.2. The van der Waals surface area contributed by atoms with Crippen LogP contribution < -0.4 is 5.32 Å². The highest BCUT2D eigenvalue weighted by molar-refractivity contribution is 9.10. The molecule has 1 amide bonds. The standard InChI is InChI=1S/C19H18BrN3O3S/c1-11(2)26-18(25)13-5-3-4-6-14(13)21-17(24)10-27-19-22-15-8-7-12(20)9-16(15)23-19/h3-9,11H,10H2,1-2H3,(H,21,24)(H,22,23). The Morgan fingerprint density at radius 1 is 1.26 bits per heavy atom. The Morgan fingerprint density at radius 2 is 2.04 bits per heavy atom. The third-order valence-electron chi connectivity index (χ3n) is 3.53. The minimum absolute atomic E-state index is 0.161. The third kappa shape index (κ3) is 5.11. The highest BCUT2D eigenvalue weighted by atomic mass is 79.9. The van der Waals surface area contributed by atoms with Crippen LogP contribution in [0.4, 0.5) is 5.69 Å². The van der Waals surface area contributed by atoms with Crippen molar-refractivity contribution >= 4 is 56.3 Å². The number of aromatic amines is 1. The van der Waals surface area contributed by atoms with Gasteiger partial charge in [-0.05, 0) is 44.2 Å². The van der Waals surface area contributed by atoms with Gasteiger partial charge in [-0.2, -0.15) is 0 Å². The summed E-state index contributed by atoms with van der Waals surface area (Å²) in [5.74, 6) is -0.531. The number of esters is 1.